The van der Waals surface area contributed by atoms with Gasteiger partial charge in [0.1, 0.15) is 0 Å². The molecule has 0 aliphatic rings. The van der Waals surface area contributed by atoms with Crippen molar-refractivity contribution in [2.24, 2.45) is 7.05 Å². The first kappa shape index (κ1) is 12.2. The van der Waals surface area contributed by atoms with Gasteiger partial charge in [0, 0.05) is 18.3 Å². The lowest BCUT2D eigenvalue weighted by molar-refractivity contribution is 0.585. The lowest BCUT2D eigenvalue weighted by atomic mass is 10.2. The molecular weight excluding hydrogens is 234 g/mol. The van der Waals surface area contributed by atoms with Crippen LogP contribution in [0.1, 0.15) is 19.5 Å². The summed E-state index contributed by atoms with van der Waals surface area (Å²) in [5.74, 6) is 0.107. The van der Waals surface area contributed by atoms with E-state index in [9.17, 15) is 8.42 Å². The molecular formula is C13H17NO2S. The lowest BCUT2D eigenvalue weighted by Gasteiger charge is -2.08. The first-order chi connectivity index (χ1) is 7.92. The van der Waals surface area contributed by atoms with Crippen molar-refractivity contribution in [1.82, 2.24) is 4.57 Å². The zero-order valence-corrected chi connectivity index (χ0v) is 11.2. The molecule has 0 N–H and O–H groups in total. The number of rotatable bonds is 3. The summed E-state index contributed by atoms with van der Waals surface area (Å²) in [6.07, 6.45) is 0. The van der Waals surface area contributed by atoms with Crippen LogP contribution < -0.4 is 0 Å². The molecule has 0 aliphatic heterocycles. The Balaban J connectivity index is 2.48. The van der Waals surface area contributed by atoms with Gasteiger partial charge in [-0.05, 0) is 31.4 Å². The molecule has 0 atom stereocenters. The third-order valence-electron chi connectivity index (χ3n) is 3.12. The molecule has 92 valence electrons. The monoisotopic (exact) mass is 251 g/mol. The third-order valence-corrected chi connectivity index (χ3v) is 5.25. The molecule has 0 bridgehead atoms. The van der Waals surface area contributed by atoms with E-state index in [2.05, 4.69) is 0 Å². The van der Waals surface area contributed by atoms with Crippen molar-refractivity contribution in [2.75, 3.05) is 0 Å². The van der Waals surface area contributed by atoms with Crippen molar-refractivity contribution in [3.8, 4) is 0 Å². The Morgan fingerprint density at radius 2 is 1.88 bits per heavy atom. The molecule has 0 amide bonds. The van der Waals surface area contributed by atoms with Gasteiger partial charge in [0.25, 0.3) is 0 Å². The Kier molecular flexibility index (Phi) is 3.00. The number of benzene rings is 1. The van der Waals surface area contributed by atoms with Crippen LogP contribution >= 0.6 is 0 Å². The number of sulfone groups is 1. The highest BCUT2D eigenvalue weighted by Crippen LogP contribution is 2.21. The summed E-state index contributed by atoms with van der Waals surface area (Å²) in [4.78, 5) is 0. The van der Waals surface area contributed by atoms with Crippen molar-refractivity contribution in [2.45, 2.75) is 24.9 Å². The van der Waals surface area contributed by atoms with Crippen LogP contribution in [0, 0.1) is 0 Å². The van der Waals surface area contributed by atoms with Crippen LogP contribution in [0.2, 0.25) is 0 Å². The van der Waals surface area contributed by atoms with Gasteiger partial charge in [-0.25, -0.2) is 8.42 Å². The Bertz CT molecular complexity index is 638. The molecule has 2 rings (SSSR count). The number of aryl methyl sites for hydroxylation is 1. The SMILES string of the molecule is CC(C)S(=O)(=O)Cc1cc2ccccc2n1C. The average molecular weight is 251 g/mol. The molecule has 1 heterocycles. The van der Waals surface area contributed by atoms with E-state index in [-0.39, 0.29) is 11.0 Å². The van der Waals surface area contributed by atoms with Crippen molar-refractivity contribution in [3.05, 3.63) is 36.0 Å². The van der Waals surface area contributed by atoms with Crippen molar-refractivity contribution in [3.63, 3.8) is 0 Å². The van der Waals surface area contributed by atoms with Gasteiger partial charge in [-0.2, -0.15) is 0 Å². The molecule has 1 aromatic carbocycles. The van der Waals surface area contributed by atoms with Gasteiger partial charge >= 0.3 is 0 Å². The number of hydrogen-bond donors (Lipinski definition) is 0. The second-order valence-corrected chi connectivity index (χ2v) is 7.17. The number of aromatic nitrogens is 1. The van der Waals surface area contributed by atoms with Gasteiger partial charge < -0.3 is 4.57 Å². The standard InChI is InChI=1S/C13H17NO2S/c1-10(2)17(15,16)9-12-8-11-6-4-5-7-13(11)14(12)3/h4-8,10H,9H2,1-3H3. The fourth-order valence-electron chi connectivity index (χ4n) is 1.86. The summed E-state index contributed by atoms with van der Waals surface area (Å²) in [6, 6.07) is 9.88. The fourth-order valence-corrected chi connectivity index (χ4v) is 2.88. The summed E-state index contributed by atoms with van der Waals surface area (Å²) >= 11 is 0. The smallest absolute Gasteiger partial charge is 0.158 e. The predicted molar refractivity (Wildman–Crippen MR) is 70.7 cm³/mol. The van der Waals surface area contributed by atoms with Gasteiger partial charge in [-0.1, -0.05) is 18.2 Å². The first-order valence-corrected chi connectivity index (χ1v) is 7.38. The Hall–Kier alpha value is -1.29. The highest BCUT2D eigenvalue weighted by atomic mass is 32.2. The van der Waals surface area contributed by atoms with Crippen LogP contribution in [0.3, 0.4) is 0 Å². The molecule has 0 fully saturated rings. The molecule has 0 saturated carbocycles. The van der Waals surface area contributed by atoms with Crippen molar-refractivity contribution < 1.29 is 8.42 Å². The van der Waals surface area contributed by atoms with Crippen molar-refractivity contribution >= 4 is 20.7 Å². The maximum Gasteiger partial charge on any atom is 0.158 e. The van der Waals surface area contributed by atoms with E-state index in [1.54, 1.807) is 13.8 Å². The van der Waals surface area contributed by atoms with E-state index in [1.807, 2.05) is 41.9 Å². The van der Waals surface area contributed by atoms with Crippen LogP contribution in [-0.4, -0.2) is 18.2 Å². The highest BCUT2D eigenvalue weighted by molar-refractivity contribution is 7.91. The van der Waals surface area contributed by atoms with Crippen LogP contribution in [0.25, 0.3) is 10.9 Å². The summed E-state index contributed by atoms with van der Waals surface area (Å²) < 4.78 is 25.8. The van der Waals surface area contributed by atoms with E-state index in [4.69, 9.17) is 0 Å². The van der Waals surface area contributed by atoms with Crippen molar-refractivity contribution in [1.29, 1.82) is 0 Å². The molecule has 2 aromatic rings. The van der Waals surface area contributed by atoms with Crippen LogP contribution in [0.4, 0.5) is 0 Å². The number of para-hydroxylation sites is 1. The fraction of sp³-hybridized carbons (Fsp3) is 0.385. The van der Waals surface area contributed by atoms with Gasteiger partial charge in [0.2, 0.25) is 0 Å². The Labute approximate surface area is 102 Å². The number of hydrogen-bond acceptors (Lipinski definition) is 2. The van der Waals surface area contributed by atoms with Gasteiger partial charge in [-0.15, -0.1) is 0 Å². The van der Waals surface area contributed by atoms with Gasteiger partial charge in [0.05, 0.1) is 11.0 Å². The van der Waals surface area contributed by atoms with E-state index in [0.29, 0.717) is 0 Å². The Morgan fingerprint density at radius 3 is 2.47 bits per heavy atom. The zero-order valence-electron chi connectivity index (χ0n) is 10.3. The molecule has 4 heteroatoms. The average Bonchev–Trinajstić information content (AvgIpc) is 2.56. The maximum absolute atomic E-state index is 11.9. The number of fused-ring (bicyclic) bond motifs is 1. The normalized spacial score (nSPS) is 12.5. The minimum Gasteiger partial charge on any atom is -0.347 e. The van der Waals surface area contributed by atoms with Crippen LogP contribution in [0.5, 0.6) is 0 Å². The summed E-state index contributed by atoms with van der Waals surface area (Å²) in [7, 11) is -1.13. The highest BCUT2D eigenvalue weighted by Gasteiger charge is 2.19. The topological polar surface area (TPSA) is 39.1 Å². The largest absolute Gasteiger partial charge is 0.347 e. The second kappa shape index (κ2) is 4.18. The predicted octanol–water partition coefficient (Wildman–Crippen LogP) is 2.50. The second-order valence-electron chi connectivity index (χ2n) is 4.61. The summed E-state index contributed by atoms with van der Waals surface area (Å²) in [6.45, 7) is 3.44. The summed E-state index contributed by atoms with van der Waals surface area (Å²) in [5, 5.41) is 0.754. The zero-order chi connectivity index (χ0) is 12.6. The molecule has 0 radical (unpaired) electrons. The van der Waals surface area contributed by atoms with E-state index >= 15 is 0 Å². The molecule has 0 unspecified atom stereocenters. The van der Waals surface area contributed by atoms with Crippen LogP contribution in [-0.2, 0) is 22.6 Å². The quantitative estimate of drug-likeness (QED) is 0.840. The summed E-state index contributed by atoms with van der Waals surface area (Å²) in [5.41, 5.74) is 1.92. The number of nitrogens with zero attached hydrogens (tertiary/aromatic N) is 1. The molecule has 0 saturated heterocycles. The van der Waals surface area contributed by atoms with Gasteiger partial charge in [0.15, 0.2) is 9.84 Å². The maximum atomic E-state index is 11.9. The van der Waals surface area contributed by atoms with E-state index < -0.39 is 9.84 Å². The minimum atomic E-state index is -3.04. The van der Waals surface area contributed by atoms with E-state index in [1.165, 1.54) is 0 Å². The third kappa shape index (κ3) is 2.22. The molecule has 3 nitrogen and oxygen atoms in total. The van der Waals surface area contributed by atoms with Gasteiger partial charge in [-0.3, -0.25) is 0 Å². The Morgan fingerprint density at radius 1 is 1.24 bits per heavy atom. The molecule has 0 spiro atoms. The van der Waals surface area contributed by atoms with Crippen LogP contribution in [0.15, 0.2) is 30.3 Å². The molecule has 0 aliphatic carbocycles. The first-order valence-electron chi connectivity index (χ1n) is 5.67. The van der Waals surface area contributed by atoms with E-state index in [0.717, 1.165) is 16.6 Å². The molecule has 1 aromatic heterocycles. The lowest BCUT2D eigenvalue weighted by Crippen LogP contribution is -2.17. The molecule has 17 heavy (non-hydrogen) atoms. The minimum absolute atomic E-state index is 0.107.